The Bertz CT molecular complexity index is 611. The number of alkyl halides is 3. The van der Waals surface area contributed by atoms with E-state index in [2.05, 4.69) is 10.6 Å². The zero-order valence-corrected chi connectivity index (χ0v) is 14.7. The average molecular weight is 371 g/mol. The molecular formula is C18H24F3N3O2. The van der Waals surface area contributed by atoms with Crippen LogP contribution in [0.15, 0.2) is 24.3 Å². The summed E-state index contributed by atoms with van der Waals surface area (Å²) in [4.78, 5) is 25.1. The van der Waals surface area contributed by atoms with Gasteiger partial charge in [0.05, 0.1) is 5.56 Å². The molecule has 0 spiro atoms. The van der Waals surface area contributed by atoms with Gasteiger partial charge in [-0.2, -0.15) is 13.2 Å². The Hall–Kier alpha value is -2.25. The van der Waals surface area contributed by atoms with Gasteiger partial charge in [-0.1, -0.05) is 25.0 Å². The van der Waals surface area contributed by atoms with Crippen LogP contribution in [0.4, 0.5) is 18.0 Å². The van der Waals surface area contributed by atoms with E-state index in [1.807, 2.05) is 0 Å². The lowest BCUT2D eigenvalue weighted by atomic mass is 10.1. The highest BCUT2D eigenvalue weighted by molar-refractivity contribution is 5.78. The minimum Gasteiger partial charge on any atom is -0.353 e. The predicted octanol–water partition coefficient (Wildman–Crippen LogP) is 3.30. The first-order chi connectivity index (χ1) is 12.3. The summed E-state index contributed by atoms with van der Waals surface area (Å²) in [5.41, 5.74) is -0.128. The number of urea groups is 1. The molecule has 26 heavy (non-hydrogen) atoms. The molecule has 0 radical (unpaired) electrons. The number of nitrogens with one attached hydrogen (secondary N) is 2. The van der Waals surface area contributed by atoms with Gasteiger partial charge in [-0.05, 0) is 30.5 Å². The Balaban J connectivity index is 1.70. The SMILES string of the molecule is CN(Cc1ccc(C(F)(F)F)cc1)C(=O)NCCC(=O)NC1CCCC1. The first-order valence-corrected chi connectivity index (χ1v) is 8.70. The van der Waals surface area contributed by atoms with Crippen molar-refractivity contribution in [1.82, 2.24) is 15.5 Å². The molecule has 0 unspecified atom stereocenters. The summed E-state index contributed by atoms with van der Waals surface area (Å²) in [7, 11) is 1.55. The van der Waals surface area contributed by atoms with Crippen molar-refractivity contribution in [3.05, 3.63) is 35.4 Å². The molecule has 0 aliphatic heterocycles. The van der Waals surface area contributed by atoms with Gasteiger partial charge in [0.1, 0.15) is 0 Å². The number of amides is 3. The Labute approximate surface area is 150 Å². The Kier molecular flexibility index (Phi) is 6.88. The monoisotopic (exact) mass is 371 g/mol. The largest absolute Gasteiger partial charge is 0.416 e. The van der Waals surface area contributed by atoms with Gasteiger partial charge < -0.3 is 15.5 Å². The smallest absolute Gasteiger partial charge is 0.353 e. The van der Waals surface area contributed by atoms with Gasteiger partial charge in [0.25, 0.3) is 0 Å². The van der Waals surface area contributed by atoms with Gasteiger partial charge in [-0.25, -0.2) is 4.79 Å². The maximum Gasteiger partial charge on any atom is 0.416 e. The van der Waals surface area contributed by atoms with Crippen molar-refractivity contribution in [2.45, 2.75) is 50.9 Å². The number of carbonyl (C=O) groups excluding carboxylic acids is 2. The van der Waals surface area contributed by atoms with Crippen molar-refractivity contribution in [3.63, 3.8) is 0 Å². The Morgan fingerprint density at radius 1 is 1.15 bits per heavy atom. The molecule has 3 amide bonds. The molecule has 144 valence electrons. The van der Waals surface area contributed by atoms with Crippen molar-refractivity contribution in [2.24, 2.45) is 0 Å². The number of hydrogen-bond donors (Lipinski definition) is 2. The van der Waals surface area contributed by atoms with Crippen molar-refractivity contribution < 1.29 is 22.8 Å². The zero-order valence-electron chi connectivity index (χ0n) is 14.7. The number of nitrogens with zero attached hydrogens (tertiary/aromatic N) is 1. The van der Waals surface area contributed by atoms with Crippen LogP contribution in [0.1, 0.15) is 43.2 Å². The van der Waals surface area contributed by atoms with Gasteiger partial charge in [0.15, 0.2) is 0 Å². The normalized spacial score (nSPS) is 14.9. The van der Waals surface area contributed by atoms with Crippen molar-refractivity contribution >= 4 is 11.9 Å². The van der Waals surface area contributed by atoms with E-state index in [0.29, 0.717) is 5.56 Å². The Morgan fingerprint density at radius 3 is 2.35 bits per heavy atom. The van der Waals surface area contributed by atoms with Crippen LogP contribution >= 0.6 is 0 Å². The van der Waals surface area contributed by atoms with Crippen LogP contribution in [-0.4, -0.2) is 36.5 Å². The summed E-state index contributed by atoms with van der Waals surface area (Å²) in [5.74, 6) is -0.0809. The number of hydrogen-bond acceptors (Lipinski definition) is 2. The summed E-state index contributed by atoms with van der Waals surface area (Å²) in [6, 6.07) is 4.56. The van der Waals surface area contributed by atoms with E-state index < -0.39 is 11.7 Å². The molecule has 8 heteroatoms. The standard InChI is InChI=1S/C18H24F3N3O2/c1-24(12-13-6-8-14(9-7-13)18(19,20)21)17(26)22-11-10-16(25)23-15-4-2-3-5-15/h6-9,15H,2-5,10-12H2,1H3,(H,22,26)(H,23,25). The van der Waals surface area contributed by atoms with Crippen LogP contribution in [0.25, 0.3) is 0 Å². The third kappa shape index (κ3) is 6.24. The third-order valence-corrected chi connectivity index (χ3v) is 4.40. The zero-order chi connectivity index (χ0) is 19.2. The fourth-order valence-corrected chi connectivity index (χ4v) is 2.93. The minimum absolute atomic E-state index is 0.0809. The molecular weight excluding hydrogens is 347 g/mol. The second kappa shape index (κ2) is 8.91. The molecule has 0 saturated heterocycles. The molecule has 1 aliphatic rings. The van der Waals surface area contributed by atoms with E-state index in [4.69, 9.17) is 0 Å². The van der Waals surface area contributed by atoms with Gasteiger partial charge in [0, 0.05) is 32.6 Å². The molecule has 0 atom stereocenters. The molecule has 1 fully saturated rings. The number of benzene rings is 1. The van der Waals surface area contributed by atoms with Crippen LogP contribution in [0, 0.1) is 0 Å². The predicted molar refractivity (Wildman–Crippen MR) is 91.3 cm³/mol. The highest BCUT2D eigenvalue weighted by Crippen LogP contribution is 2.29. The first kappa shape index (κ1) is 20.1. The lowest BCUT2D eigenvalue weighted by Gasteiger charge is -2.18. The van der Waals surface area contributed by atoms with Crippen LogP contribution in [0.3, 0.4) is 0 Å². The molecule has 2 N–H and O–H groups in total. The van der Waals surface area contributed by atoms with E-state index >= 15 is 0 Å². The van der Waals surface area contributed by atoms with E-state index in [1.165, 1.54) is 17.0 Å². The highest BCUT2D eigenvalue weighted by Gasteiger charge is 2.30. The number of halogens is 3. The third-order valence-electron chi connectivity index (χ3n) is 4.40. The van der Waals surface area contributed by atoms with Gasteiger partial charge >= 0.3 is 12.2 Å². The molecule has 0 heterocycles. The average Bonchev–Trinajstić information content (AvgIpc) is 3.07. The molecule has 1 aromatic rings. The summed E-state index contributed by atoms with van der Waals surface area (Å²) in [6.45, 7) is 0.396. The van der Waals surface area contributed by atoms with E-state index in [1.54, 1.807) is 7.05 Å². The second-order valence-corrected chi connectivity index (χ2v) is 6.58. The van der Waals surface area contributed by atoms with Gasteiger partial charge in [-0.15, -0.1) is 0 Å². The molecule has 2 rings (SSSR count). The van der Waals surface area contributed by atoms with Crippen LogP contribution in [-0.2, 0) is 17.5 Å². The van der Waals surface area contributed by atoms with Gasteiger partial charge in [0.2, 0.25) is 5.91 Å². The lowest BCUT2D eigenvalue weighted by molar-refractivity contribution is -0.137. The quantitative estimate of drug-likeness (QED) is 0.806. The van der Waals surface area contributed by atoms with Crippen molar-refractivity contribution in [2.75, 3.05) is 13.6 Å². The highest BCUT2D eigenvalue weighted by atomic mass is 19.4. The number of carbonyl (C=O) groups is 2. The minimum atomic E-state index is -4.37. The van der Waals surface area contributed by atoms with Crippen molar-refractivity contribution in [1.29, 1.82) is 0 Å². The van der Waals surface area contributed by atoms with E-state index in [0.717, 1.165) is 37.8 Å². The van der Waals surface area contributed by atoms with Crippen LogP contribution in [0.2, 0.25) is 0 Å². The molecule has 1 aliphatic carbocycles. The van der Waals surface area contributed by atoms with Crippen molar-refractivity contribution in [3.8, 4) is 0 Å². The first-order valence-electron chi connectivity index (χ1n) is 8.70. The second-order valence-electron chi connectivity index (χ2n) is 6.58. The summed E-state index contributed by atoms with van der Waals surface area (Å²) < 4.78 is 37.6. The summed E-state index contributed by atoms with van der Waals surface area (Å²) >= 11 is 0. The van der Waals surface area contributed by atoms with Crippen LogP contribution < -0.4 is 10.6 Å². The maximum atomic E-state index is 12.5. The summed E-state index contributed by atoms with van der Waals surface area (Å²) in [5, 5.41) is 5.58. The van der Waals surface area contributed by atoms with Gasteiger partial charge in [-0.3, -0.25) is 4.79 Å². The van der Waals surface area contributed by atoms with E-state index in [9.17, 15) is 22.8 Å². The van der Waals surface area contributed by atoms with E-state index in [-0.39, 0.29) is 37.5 Å². The molecule has 1 saturated carbocycles. The Morgan fingerprint density at radius 2 is 1.77 bits per heavy atom. The maximum absolute atomic E-state index is 12.5. The fraction of sp³-hybridized carbons (Fsp3) is 0.556. The van der Waals surface area contributed by atoms with Crippen LogP contribution in [0.5, 0.6) is 0 Å². The fourth-order valence-electron chi connectivity index (χ4n) is 2.93. The molecule has 0 bridgehead atoms. The summed E-state index contributed by atoms with van der Waals surface area (Å²) in [6.07, 6.45) is 0.117. The molecule has 1 aromatic carbocycles. The number of rotatable bonds is 6. The molecule has 5 nitrogen and oxygen atoms in total. The molecule has 0 aromatic heterocycles. The topological polar surface area (TPSA) is 61.4 Å². The lowest BCUT2D eigenvalue weighted by Crippen LogP contribution is -2.40.